The fourth-order valence-corrected chi connectivity index (χ4v) is 2.08. The van der Waals surface area contributed by atoms with Crippen molar-refractivity contribution in [2.24, 2.45) is 0 Å². The lowest BCUT2D eigenvalue weighted by Crippen LogP contribution is -2.06. The third-order valence-corrected chi connectivity index (χ3v) is 3.09. The van der Waals surface area contributed by atoms with Crippen LogP contribution in [-0.2, 0) is 0 Å². The molecule has 0 atom stereocenters. The van der Waals surface area contributed by atoms with E-state index < -0.39 is 11.6 Å². The number of ether oxygens (including phenoxy) is 2. The Kier molecular flexibility index (Phi) is 5.38. The van der Waals surface area contributed by atoms with Gasteiger partial charge in [-0.05, 0) is 24.3 Å². The summed E-state index contributed by atoms with van der Waals surface area (Å²) in [6.07, 6.45) is 0.530. The van der Waals surface area contributed by atoms with Crippen LogP contribution in [0.3, 0.4) is 0 Å². The van der Waals surface area contributed by atoms with Crippen LogP contribution >= 0.6 is 15.9 Å². The molecule has 112 valence electrons. The fraction of sp³-hybridized carbons (Fsp3) is 0.200. The van der Waals surface area contributed by atoms with Gasteiger partial charge >= 0.3 is 0 Å². The summed E-state index contributed by atoms with van der Waals surface area (Å²) in [6, 6.07) is 9.49. The highest BCUT2D eigenvalue weighted by Gasteiger charge is 2.11. The van der Waals surface area contributed by atoms with Crippen molar-refractivity contribution in [1.82, 2.24) is 0 Å². The van der Waals surface area contributed by atoms with Gasteiger partial charge in [0.1, 0.15) is 5.75 Å². The van der Waals surface area contributed by atoms with E-state index in [0.717, 1.165) is 6.07 Å². The van der Waals surface area contributed by atoms with Gasteiger partial charge in [0, 0.05) is 22.6 Å². The molecule has 6 heteroatoms. The van der Waals surface area contributed by atoms with Gasteiger partial charge in [-0.1, -0.05) is 22.0 Å². The monoisotopic (exact) mass is 357 g/mol. The van der Waals surface area contributed by atoms with E-state index in [9.17, 15) is 8.78 Å². The summed E-state index contributed by atoms with van der Waals surface area (Å²) in [4.78, 5) is 0. The Labute approximate surface area is 129 Å². The molecule has 0 aliphatic heterocycles. The fourth-order valence-electron chi connectivity index (χ4n) is 1.67. The van der Waals surface area contributed by atoms with Gasteiger partial charge in [-0.2, -0.15) is 4.39 Å². The van der Waals surface area contributed by atoms with Gasteiger partial charge in [0.05, 0.1) is 13.2 Å². The Hall–Kier alpha value is -1.82. The first kappa shape index (κ1) is 15.6. The zero-order valence-corrected chi connectivity index (χ0v) is 12.7. The Morgan fingerprint density at radius 3 is 2.57 bits per heavy atom. The molecule has 3 nitrogen and oxygen atoms in total. The second-order valence-electron chi connectivity index (χ2n) is 4.32. The molecule has 0 saturated heterocycles. The molecule has 21 heavy (non-hydrogen) atoms. The van der Waals surface area contributed by atoms with Crippen molar-refractivity contribution in [3.8, 4) is 11.5 Å². The Morgan fingerprint density at radius 2 is 1.81 bits per heavy atom. The van der Waals surface area contributed by atoms with Crippen LogP contribution < -0.4 is 15.2 Å². The van der Waals surface area contributed by atoms with Crippen LogP contribution in [0.15, 0.2) is 40.9 Å². The SMILES string of the molecule is Nc1cccc(OCCCOc2cc(Br)cc(F)c2F)c1. The molecule has 0 fully saturated rings. The van der Waals surface area contributed by atoms with Crippen molar-refractivity contribution < 1.29 is 18.3 Å². The summed E-state index contributed by atoms with van der Waals surface area (Å²) in [5.74, 6) is -1.40. The average molecular weight is 358 g/mol. The molecule has 0 aliphatic rings. The maximum Gasteiger partial charge on any atom is 0.200 e. The van der Waals surface area contributed by atoms with Crippen molar-refractivity contribution in [2.75, 3.05) is 18.9 Å². The third-order valence-electron chi connectivity index (χ3n) is 2.63. The molecule has 0 aliphatic carbocycles. The van der Waals surface area contributed by atoms with E-state index in [1.165, 1.54) is 6.07 Å². The number of anilines is 1. The molecule has 0 saturated carbocycles. The van der Waals surface area contributed by atoms with Gasteiger partial charge in [-0.15, -0.1) is 0 Å². The summed E-state index contributed by atoms with van der Waals surface area (Å²) < 4.78 is 37.7. The molecule has 0 bridgehead atoms. The molecule has 2 aromatic carbocycles. The maximum absolute atomic E-state index is 13.4. The largest absolute Gasteiger partial charge is 0.493 e. The Morgan fingerprint density at radius 1 is 1.05 bits per heavy atom. The summed E-state index contributed by atoms with van der Waals surface area (Å²) in [6.45, 7) is 0.608. The van der Waals surface area contributed by atoms with E-state index in [-0.39, 0.29) is 12.4 Å². The van der Waals surface area contributed by atoms with E-state index in [2.05, 4.69) is 15.9 Å². The molecular formula is C15H14BrF2NO2. The number of hydrogen-bond donors (Lipinski definition) is 1. The standard InChI is InChI=1S/C15H14BrF2NO2/c16-10-7-13(17)15(18)14(8-10)21-6-2-5-20-12-4-1-3-11(19)9-12/h1,3-4,7-9H,2,5-6,19H2. The molecule has 0 radical (unpaired) electrons. The van der Waals surface area contributed by atoms with E-state index in [0.29, 0.717) is 28.9 Å². The molecule has 2 N–H and O–H groups in total. The molecule has 2 aromatic rings. The van der Waals surface area contributed by atoms with Gasteiger partial charge in [0.25, 0.3) is 0 Å². The van der Waals surface area contributed by atoms with Crippen LogP contribution in [-0.4, -0.2) is 13.2 Å². The number of hydrogen-bond acceptors (Lipinski definition) is 3. The molecule has 0 amide bonds. The van der Waals surface area contributed by atoms with Gasteiger partial charge in [0.2, 0.25) is 5.82 Å². The van der Waals surface area contributed by atoms with E-state index in [1.807, 2.05) is 0 Å². The highest BCUT2D eigenvalue weighted by Crippen LogP contribution is 2.25. The van der Waals surface area contributed by atoms with Crippen molar-refractivity contribution in [2.45, 2.75) is 6.42 Å². The third kappa shape index (κ3) is 4.60. The topological polar surface area (TPSA) is 44.5 Å². The van der Waals surface area contributed by atoms with Crippen LogP contribution in [0.1, 0.15) is 6.42 Å². The number of nitrogen functional groups attached to an aromatic ring is 1. The van der Waals surface area contributed by atoms with Crippen LogP contribution in [0, 0.1) is 11.6 Å². The van der Waals surface area contributed by atoms with Gasteiger partial charge in [-0.3, -0.25) is 0 Å². The van der Waals surface area contributed by atoms with Crippen molar-refractivity contribution >= 4 is 21.6 Å². The van der Waals surface area contributed by atoms with Gasteiger partial charge < -0.3 is 15.2 Å². The second kappa shape index (κ2) is 7.26. The summed E-state index contributed by atoms with van der Waals surface area (Å²) >= 11 is 3.08. The zero-order chi connectivity index (χ0) is 15.2. The highest BCUT2D eigenvalue weighted by atomic mass is 79.9. The molecule has 0 unspecified atom stereocenters. The Bertz CT molecular complexity index is 623. The first-order chi connectivity index (χ1) is 10.1. The summed E-state index contributed by atoms with van der Waals surface area (Å²) in [7, 11) is 0. The van der Waals surface area contributed by atoms with Crippen LogP contribution in [0.2, 0.25) is 0 Å². The minimum absolute atomic E-state index is 0.120. The van der Waals surface area contributed by atoms with Gasteiger partial charge in [-0.25, -0.2) is 4.39 Å². The van der Waals surface area contributed by atoms with Gasteiger partial charge in [0.15, 0.2) is 11.6 Å². The normalized spacial score (nSPS) is 10.4. The number of rotatable bonds is 6. The number of benzene rings is 2. The predicted octanol–water partition coefficient (Wildman–Crippen LogP) is 4.16. The van der Waals surface area contributed by atoms with Crippen LogP contribution in [0.5, 0.6) is 11.5 Å². The first-order valence-corrected chi connectivity index (χ1v) is 7.11. The maximum atomic E-state index is 13.4. The summed E-state index contributed by atoms with van der Waals surface area (Å²) in [5.41, 5.74) is 6.24. The summed E-state index contributed by atoms with van der Waals surface area (Å²) in [5, 5.41) is 0. The van der Waals surface area contributed by atoms with Crippen LogP contribution in [0.25, 0.3) is 0 Å². The number of nitrogens with two attached hydrogens (primary N) is 1. The smallest absolute Gasteiger partial charge is 0.200 e. The average Bonchev–Trinajstić information content (AvgIpc) is 2.43. The minimum atomic E-state index is -0.991. The van der Waals surface area contributed by atoms with Crippen LogP contribution in [0.4, 0.5) is 14.5 Å². The zero-order valence-electron chi connectivity index (χ0n) is 11.1. The predicted molar refractivity (Wildman–Crippen MR) is 80.5 cm³/mol. The Balaban J connectivity index is 1.78. The van der Waals surface area contributed by atoms with E-state index in [1.54, 1.807) is 24.3 Å². The highest BCUT2D eigenvalue weighted by molar-refractivity contribution is 9.10. The number of halogens is 3. The first-order valence-electron chi connectivity index (χ1n) is 6.32. The van der Waals surface area contributed by atoms with Crippen molar-refractivity contribution in [1.29, 1.82) is 0 Å². The van der Waals surface area contributed by atoms with E-state index in [4.69, 9.17) is 15.2 Å². The second-order valence-corrected chi connectivity index (χ2v) is 5.24. The molecule has 0 spiro atoms. The molecular weight excluding hydrogens is 344 g/mol. The molecule has 0 aromatic heterocycles. The molecule has 2 rings (SSSR count). The lowest BCUT2D eigenvalue weighted by Gasteiger charge is -2.09. The van der Waals surface area contributed by atoms with Crippen molar-refractivity contribution in [3.63, 3.8) is 0 Å². The lowest BCUT2D eigenvalue weighted by molar-refractivity contribution is 0.239. The van der Waals surface area contributed by atoms with Crippen molar-refractivity contribution in [3.05, 3.63) is 52.5 Å². The van der Waals surface area contributed by atoms with E-state index >= 15 is 0 Å². The quantitative estimate of drug-likeness (QED) is 0.479. The lowest BCUT2D eigenvalue weighted by atomic mass is 10.3. The minimum Gasteiger partial charge on any atom is -0.493 e. The molecule has 0 heterocycles.